The van der Waals surface area contributed by atoms with Crippen molar-refractivity contribution in [3.63, 3.8) is 0 Å². The van der Waals surface area contributed by atoms with E-state index in [2.05, 4.69) is 23.5 Å². The summed E-state index contributed by atoms with van der Waals surface area (Å²) >= 11 is 0. The second-order valence-corrected chi connectivity index (χ2v) is 4.41. The lowest BCUT2D eigenvalue weighted by Crippen LogP contribution is -2.33. The first-order valence-corrected chi connectivity index (χ1v) is 6.14. The van der Waals surface area contributed by atoms with Crippen molar-refractivity contribution in [3.05, 3.63) is 18.0 Å². The topological polar surface area (TPSA) is 39.1 Å². The van der Waals surface area contributed by atoms with Crippen LogP contribution in [0.25, 0.3) is 0 Å². The summed E-state index contributed by atoms with van der Waals surface area (Å²) in [7, 11) is 2.02. The van der Waals surface area contributed by atoms with Gasteiger partial charge in [-0.25, -0.2) is 0 Å². The average Bonchev–Trinajstić information content (AvgIpc) is 2.78. The fraction of sp³-hybridized carbons (Fsp3) is 0.750. The Morgan fingerprint density at radius 2 is 2.50 bits per heavy atom. The highest BCUT2D eigenvalue weighted by Gasteiger charge is 2.23. The number of hydrogen-bond donors (Lipinski definition) is 1. The van der Waals surface area contributed by atoms with Crippen LogP contribution in [0, 0.1) is 0 Å². The number of hydrogen-bond acceptors (Lipinski definition) is 3. The standard InChI is InChI=1S/C12H21N3O/c1-3-5-15-9-10(8-14-15)12-7-11(13-2)4-6-16-12/h8-9,11-13H,3-7H2,1-2H3. The molecule has 0 aliphatic carbocycles. The summed E-state index contributed by atoms with van der Waals surface area (Å²) in [6, 6.07) is 0.577. The number of nitrogens with one attached hydrogen (secondary N) is 1. The van der Waals surface area contributed by atoms with E-state index >= 15 is 0 Å². The molecule has 1 saturated heterocycles. The molecule has 4 nitrogen and oxygen atoms in total. The summed E-state index contributed by atoms with van der Waals surface area (Å²) in [6.45, 7) is 3.99. The molecule has 0 amide bonds. The molecule has 2 unspecified atom stereocenters. The Kier molecular flexibility index (Phi) is 3.96. The van der Waals surface area contributed by atoms with Crippen molar-refractivity contribution < 1.29 is 4.74 Å². The molecule has 2 heterocycles. The zero-order valence-electron chi connectivity index (χ0n) is 10.1. The zero-order chi connectivity index (χ0) is 11.4. The lowest BCUT2D eigenvalue weighted by molar-refractivity contribution is 0.00150. The van der Waals surface area contributed by atoms with E-state index in [1.54, 1.807) is 0 Å². The molecular formula is C12H21N3O. The van der Waals surface area contributed by atoms with E-state index in [9.17, 15) is 0 Å². The Bertz CT molecular complexity index is 324. The van der Waals surface area contributed by atoms with E-state index in [0.29, 0.717) is 6.04 Å². The normalized spacial score (nSPS) is 25.9. The monoisotopic (exact) mass is 223 g/mol. The van der Waals surface area contributed by atoms with Crippen molar-refractivity contribution in [2.45, 2.75) is 44.9 Å². The molecule has 2 atom stereocenters. The van der Waals surface area contributed by atoms with Gasteiger partial charge in [0.25, 0.3) is 0 Å². The Balaban J connectivity index is 1.99. The minimum atomic E-state index is 0.219. The fourth-order valence-corrected chi connectivity index (χ4v) is 2.19. The van der Waals surface area contributed by atoms with Gasteiger partial charge in [0.15, 0.2) is 0 Å². The van der Waals surface area contributed by atoms with Crippen molar-refractivity contribution >= 4 is 0 Å². The van der Waals surface area contributed by atoms with Crippen LogP contribution in [-0.4, -0.2) is 29.5 Å². The second-order valence-electron chi connectivity index (χ2n) is 4.41. The van der Waals surface area contributed by atoms with Gasteiger partial charge in [-0.05, 0) is 26.3 Å². The molecule has 0 bridgehead atoms. The van der Waals surface area contributed by atoms with Gasteiger partial charge in [-0.3, -0.25) is 4.68 Å². The van der Waals surface area contributed by atoms with Crippen molar-refractivity contribution in [2.75, 3.05) is 13.7 Å². The van der Waals surface area contributed by atoms with E-state index in [0.717, 1.165) is 32.4 Å². The number of rotatable bonds is 4. The van der Waals surface area contributed by atoms with Crippen LogP contribution in [0.2, 0.25) is 0 Å². The number of aryl methyl sites for hydroxylation is 1. The van der Waals surface area contributed by atoms with Crippen LogP contribution in [0.5, 0.6) is 0 Å². The van der Waals surface area contributed by atoms with Gasteiger partial charge in [-0.1, -0.05) is 6.92 Å². The first-order valence-electron chi connectivity index (χ1n) is 6.14. The predicted octanol–water partition coefficient (Wildman–Crippen LogP) is 1.73. The van der Waals surface area contributed by atoms with E-state index in [-0.39, 0.29) is 6.10 Å². The van der Waals surface area contributed by atoms with Crippen LogP contribution >= 0.6 is 0 Å². The highest BCUT2D eigenvalue weighted by molar-refractivity contribution is 5.09. The third-order valence-electron chi connectivity index (χ3n) is 3.17. The quantitative estimate of drug-likeness (QED) is 0.845. The molecule has 4 heteroatoms. The van der Waals surface area contributed by atoms with Crippen LogP contribution in [0.4, 0.5) is 0 Å². The SMILES string of the molecule is CCCn1cc(C2CC(NC)CCO2)cn1. The zero-order valence-corrected chi connectivity index (χ0v) is 10.1. The summed E-state index contributed by atoms with van der Waals surface area (Å²) in [6.07, 6.45) is 7.55. The number of aromatic nitrogens is 2. The molecule has 1 fully saturated rings. The third-order valence-corrected chi connectivity index (χ3v) is 3.17. The van der Waals surface area contributed by atoms with Crippen LogP contribution in [0.3, 0.4) is 0 Å². The van der Waals surface area contributed by atoms with Gasteiger partial charge < -0.3 is 10.1 Å². The Hall–Kier alpha value is -0.870. The fourth-order valence-electron chi connectivity index (χ4n) is 2.19. The van der Waals surface area contributed by atoms with Crippen LogP contribution in [-0.2, 0) is 11.3 Å². The van der Waals surface area contributed by atoms with Crippen LogP contribution in [0.1, 0.15) is 37.9 Å². The molecule has 1 aromatic rings. The maximum atomic E-state index is 5.79. The summed E-state index contributed by atoms with van der Waals surface area (Å²) in [5.74, 6) is 0. The van der Waals surface area contributed by atoms with Gasteiger partial charge in [0.2, 0.25) is 0 Å². The molecule has 1 aromatic heterocycles. The maximum absolute atomic E-state index is 5.79. The minimum Gasteiger partial charge on any atom is -0.373 e. The van der Waals surface area contributed by atoms with Gasteiger partial charge in [0.1, 0.15) is 0 Å². The summed E-state index contributed by atoms with van der Waals surface area (Å²) < 4.78 is 7.80. The second kappa shape index (κ2) is 5.46. The first kappa shape index (κ1) is 11.6. The molecule has 1 aliphatic rings. The molecule has 2 rings (SSSR count). The third kappa shape index (κ3) is 2.62. The lowest BCUT2D eigenvalue weighted by Gasteiger charge is -2.28. The first-order chi connectivity index (χ1) is 7.83. The van der Waals surface area contributed by atoms with Crippen molar-refractivity contribution in [1.82, 2.24) is 15.1 Å². The average molecular weight is 223 g/mol. The van der Waals surface area contributed by atoms with Gasteiger partial charge in [0, 0.05) is 31.0 Å². The van der Waals surface area contributed by atoms with E-state index in [1.165, 1.54) is 5.56 Å². The molecule has 1 N–H and O–H groups in total. The molecule has 0 saturated carbocycles. The summed E-state index contributed by atoms with van der Waals surface area (Å²) in [4.78, 5) is 0. The van der Waals surface area contributed by atoms with Gasteiger partial charge >= 0.3 is 0 Å². The van der Waals surface area contributed by atoms with E-state index < -0.39 is 0 Å². The maximum Gasteiger partial charge on any atom is 0.0870 e. The summed E-state index contributed by atoms with van der Waals surface area (Å²) in [5.41, 5.74) is 1.22. The van der Waals surface area contributed by atoms with Crippen molar-refractivity contribution in [1.29, 1.82) is 0 Å². The Morgan fingerprint density at radius 3 is 3.25 bits per heavy atom. The largest absolute Gasteiger partial charge is 0.373 e. The van der Waals surface area contributed by atoms with Gasteiger partial charge in [0.05, 0.1) is 12.3 Å². The van der Waals surface area contributed by atoms with Crippen molar-refractivity contribution in [3.8, 4) is 0 Å². The van der Waals surface area contributed by atoms with Crippen LogP contribution in [0.15, 0.2) is 12.4 Å². The highest BCUT2D eigenvalue weighted by Crippen LogP contribution is 2.27. The molecule has 16 heavy (non-hydrogen) atoms. The van der Waals surface area contributed by atoms with E-state index in [1.807, 2.05) is 17.9 Å². The molecule has 1 aliphatic heterocycles. The smallest absolute Gasteiger partial charge is 0.0870 e. The summed E-state index contributed by atoms with van der Waals surface area (Å²) in [5, 5.41) is 7.68. The molecule has 0 radical (unpaired) electrons. The lowest BCUT2D eigenvalue weighted by atomic mass is 10.00. The molecule has 90 valence electrons. The van der Waals surface area contributed by atoms with Crippen molar-refractivity contribution in [2.24, 2.45) is 0 Å². The predicted molar refractivity (Wildman–Crippen MR) is 63.3 cm³/mol. The van der Waals surface area contributed by atoms with Crippen LogP contribution < -0.4 is 5.32 Å². The van der Waals surface area contributed by atoms with Gasteiger partial charge in [-0.15, -0.1) is 0 Å². The van der Waals surface area contributed by atoms with Gasteiger partial charge in [-0.2, -0.15) is 5.10 Å². The Morgan fingerprint density at radius 1 is 1.62 bits per heavy atom. The molecule has 0 spiro atoms. The highest BCUT2D eigenvalue weighted by atomic mass is 16.5. The minimum absolute atomic E-state index is 0.219. The molecule has 0 aromatic carbocycles. The Labute approximate surface area is 97.0 Å². The molecular weight excluding hydrogens is 202 g/mol. The number of ether oxygens (including phenoxy) is 1. The number of nitrogens with zero attached hydrogens (tertiary/aromatic N) is 2. The van der Waals surface area contributed by atoms with E-state index in [4.69, 9.17) is 4.74 Å².